The molecule has 3 aliphatic rings. The van der Waals surface area contributed by atoms with E-state index in [-0.39, 0.29) is 11.9 Å². The normalized spacial score (nSPS) is 29.2. The lowest BCUT2D eigenvalue weighted by molar-refractivity contribution is -1.02. The van der Waals surface area contributed by atoms with E-state index in [1.165, 1.54) is 14.7 Å². The molecule has 0 aromatic carbocycles. The lowest BCUT2D eigenvalue weighted by atomic mass is 10.1. The summed E-state index contributed by atoms with van der Waals surface area (Å²) in [5.74, 6) is 0.609. The molecule has 1 amide bonds. The standard InChI is InChI=1S/C18H24N4O3S2/c19-10-15-14-2-1-3-16(14)26-18(15)20-17(23)11-21-5-7-22(8-6-21)13-4-9-27(24,25)12-13/h13H,1-9,11-12H2,(H,20,23)/p+2/t13-/m1/s1. The number of anilines is 1. The van der Waals surface area contributed by atoms with Crippen molar-refractivity contribution in [3.8, 4) is 6.07 Å². The SMILES string of the molecule is N#Cc1c(NC(=O)C[NH+]2CC[NH+]([C@@H]3CCS(=O)(=O)C3)CC2)sc2c1CCC2. The first-order valence-electron chi connectivity index (χ1n) is 9.68. The molecule has 0 radical (unpaired) electrons. The largest absolute Gasteiger partial charge is 0.322 e. The lowest BCUT2D eigenvalue weighted by Crippen LogP contribution is -3.30. The predicted molar refractivity (Wildman–Crippen MR) is 103 cm³/mol. The van der Waals surface area contributed by atoms with Crippen LogP contribution in [0.15, 0.2) is 0 Å². The number of fused-ring (bicyclic) bond motifs is 1. The number of thiophene rings is 1. The van der Waals surface area contributed by atoms with Crippen LogP contribution in [-0.2, 0) is 27.5 Å². The van der Waals surface area contributed by atoms with E-state index in [4.69, 9.17) is 0 Å². The molecule has 1 aliphatic carbocycles. The van der Waals surface area contributed by atoms with Gasteiger partial charge in [0.25, 0.3) is 5.91 Å². The molecule has 9 heteroatoms. The summed E-state index contributed by atoms with van der Waals surface area (Å²) >= 11 is 1.56. The van der Waals surface area contributed by atoms with E-state index in [1.807, 2.05) is 0 Å². The summed E-state index contributed by atoms with van der Waals surface area (Å²) in [4.78, 5) is 16.3. The number of rotatable bonds is 4. The second kappa shape index (κ2) is 7.51. The minimum atomic E-state index is -2.83. The predicted octanol–water partition coefficient (Wildman–Crippen LogP) is -1.98. The van der Waals surface area contributed by atoms with Gasteiger partial charge in [0.15, 0.2) is 16.4 Å². The maximum atomic E-state index is 12.5. The van der Waals surface area contributed by atoms with Crippen molar-refractivity contribution in [1.82, 2.24) is 0 Å². The smallest absolute Gasteiger partial charge is 0.280 e. The fourth-order valence-electron chi connectivity index (χ4n) is 4.64. The third kappa shape index (κ3) is 4.04. The van der Waals surface area contributed by atoms with Crippen LogP contribution in [0.3, 0.4) is 0 Å². The topological polar surface area (TPSA) is 95.9 Å². The summed E-state index contributed by atoms with van der Waals surface area (Å²) in [5.41, 5.74) is 1.79. The van der Waals surface area contributed by atoms with Gasteiger partial charge in [-0.2, -0.15) is 5.26 Å². The number of carbonyl (C=O) groups is 1. The van der Waals surface area contributed by atoms with Gasteiger partial charge in [-0.25, -0.2) is 8.42 Å². The summed E-state index contributed by atoms with van der Waals surface area (Å²) in [6, 6.07) is 2.50. The summed E-state index contributed by atoms with van der Waals surface area (Å²) in [5, 5.41) is 13.1. The van der Waals surface area contributed by atoms with Crippen molar-refractivity contribution < 1.29 is 23.0 Å². The zero-order chi connectivity index (χ0) is 19.0. The Labute approximate surface area is 163 Å². The van der Waals surface area contributed by atoms with Crippen molar-refractivity contribution in [2.45, 2.75) is 31.7 Å². The van der Waals surface area contributed by atoms with Crippen LogP contribution in [-0.4, -0.2) is 64.6 Å². The average Bonchev–Trinajstić information content (AvgIpc) is 3.29. The highest BCUT2D eigenvalue weighted by molar-refractivity contribution is 7.91. The van der Waals surface area contributed by atoms with Crippen LogP contribution in [0, 0.1) is 11.3 Å². The average molecular weight is 411 g/mol. The van der Waals surface area contributed by atoms with Crippen LogP contribution < -0.4 is 15.1 Å². The van der Waals surface area contributed by atoms with E-state index >= 15 is 0 Å². The van der Waals surface area contributed by atoms with Gasteiger partial charge in [0.1, 0.15) is 49.0 Å². The fourth-order valence-corrected chi connectivity index (χ4v) is 7.72. The van der Waals surface area contributed by atoms with E-state index < -0.39 is 9.84 Å². The molecule has 1 aromatic rings. The van der Waals surface area contributed by atoms with Gasteiger partial charge in [-0.3, -0.25) is 4.79 Å². The molecule has 0 bridgehead atoms. The number of hydrogen-bond acceptors (Lipinski definition) is 5. The van der Waals surface area contributed by atoms with Gasteiger partial charge in [0, 0.05) is 11.3 Å². The molecule has 0 unspecified atom stereocenters. The van der Waals surface area contributed by atoms with Gasteiger partial charge in [-0.05, 0) is 24.8 Å². The zero-order valence-corrected chi connectivity index (χ0v) is 17.0. The number of piperazine rings is 1. The Morgan fingerprint density at radius 3 is 2.70 bits per heavy atom. The number of nitrogens with zero attached hydrogens (tertiary/aromatic N) is 1. The highest BCUT2D eigenvalue weighted by Crippen LogP contribution is 2.38. The zero-order valence-electron chi connectivity index (χ0n) is 15.3. The number of hydrogen-bond donors (Lipinski definition) is 3. The molecule has 146 valence electrons. The first-order valence-corrected chi connectivity index (χ1v) is 12.3. The monoisotopic (exact) mass is 410 g/mol. The Morgan fingerprint density at radius 1 is 1.26 bits per heavy atom. The Balaban J connectivity index is 1.29. The Morgan fingerprint density at radius 2 is 2.04 bits per heavy atom. The number of quaternary nitrogens is 2. The van der Waals surface area contributed by atoms with Gasteiger partial charge in [-0.15, -0.1) is 11.3 Å². The number of amides is 1. The highest BCUT2D eigenvalue weighted by Gasteiger charge is 2.38. The summed E-state index contributed by atoms with van der Waals surface area (Å²) in [6.45, 7) is 4.00. The molecular formula is C18H26N4O3S2+2. The van der Waals surface area contributed by atoms with Gasteiger partial charge < -0.3 is 15.1 Å². The van der Waals surface area contributed by atoms with Crippen LogP contribution >= 0.6 is 11.3 Å². The van der Waals surface area contributed by atoms with Crippen LogP contribution in [0.4, 0.5) is 5.00 Å². The molecule has 7 nitrogen and oxygen atoms in total. The molecule has 2 fully saturated rings. The molecule has 0 saturated carbocycles. The maximum Gasteiger partial charge on any atom is 0.280 e. The van der Waals surface area contributed by atoms with Gasteiger partial charge in [-0.1, -0.05) is 0 Å². The molecule has 4 rings (SSSR count). The first kappa shape index (κ1) is 18.9. The van der Waals surface area contributed by atoms with Gasteiger partial charge >= 0.3 is 0 Å². The molecule has 0 spiro atoms. The third-order valence-corrected chi connectivity index (χ3v) is 9.08. The minimum absolute atomic E-state index is 0.0340. The quantitative estimate of drug-likeness (QED) is 0.536. The number of nitriles is 1. The first-order chi connectivity index (χ1) is 12.9. The molecule has 1 aromatic heterocycles. The molecule has 1 atom stereocenters. The minimum Gasteiger partial charge on any atom is -0.322 e. The molecule has 27 heavy (non-hydrogen) atoms. The lowest BCUT2D eigenvalue weighted by Gasteiger charge is -2.32. The van der Waals surface area contributed by atoms with Crippen molar-refractivity contribution in [2.24, 2.45) is 0 Å². The molecule has 3 N–H and O–H groups in total. The van der Waals surface area contributed by atoms with Crippen LogP contribution in [0.5, 0.6) is 0 Å². The van der Waals surface area contributed by atoms with Crippen molar-refractivity contribution >= 4 is 32.1 Å². The number of carbonyl (C=O) groups excluding carboxylic acids is 1. The number of aryl methyl sites for hydroxylation is 1. The van der Waals surface area contributed by atoms with Crippen LogP contribution in [0.1, 0.15) is 28.8 Å². The van der Waals surface area contributed by atoms with E-state index in [1.54, 1.807) is 11.3 Å². The third-order valence-electron chi connectivity index (χ3n) is 6.11. The van der Waals surface area contributed by atoms with Crippen molar-refractivity contribution in [3.05, 3.63) is 16.0 Å². The van der Waals surface area contributed by atoms with Crippen molar-refractivity contribution in [3.63, 3.8) is 0 Å². The summed E-state index contributed by atoms with van der Waals surface area (Å²) in [6.07, 6.45) is 3.82. The van der Waals surface area contributed by atoms with E-state index in [9.17, 15) is 18.5 Å². The van der Waals surface area contributed by atoms with Gasteiger partial charge in [0.05, 0.1) is 11.3 Å². The fraction of sp³-hybridized carbons (Fsp3) is 0.667. The van der Waals surface area contributed by atoms with Gasteiger partial charge in [0.2, 0.25) is 0 Å². The molecule has 2 saturated heterocycles. The second-order valence-corrected chi connectivity index (χ2v) is 11.2. The van der Waals surface area contributed by atoms with E-state index in [0.717, 1.165) is 57.4 Å². The number of sulfone groups is 1. The molecular weight excluding hydrogens is 384 g/mol. The Bertz CT molecular complexity index is 879. The maximum absolute atomic E-state index is 12.5. The summed E-state index contributed by atoms with van der Waals surface area (Å²) < 4.78 is 23.4. The Kier molecular flexibility index (Phi) is 5.25. The van der Waals surface area contributed by atoms with Crippen molar-refractivity contribution in [1.29, 1.82) is 5.26 Å². The summed E-state index contributed by atoms with van der Waals surface area (Å²) in [7, 11) is -2.83. The second-order valence-electron chi connectivity index (χ2n) is 7.91. The van der Waals surface area contributed by atoms with Crippen molar-refractivity contribution in [2.75, 3.05) is 49.5 Å². The van der Waals surface area contributed by atoms with E-state index in [0.29, 0.717) is 28.6 Å². The van der Waals surface area contributed by atoms with E-state index in [2.05, 4.69) is 11.4 Å². The highest BCUT2D eigenvalue weighted by atomic mass is 32.2. The van der Waals surface area contributed by atoms with Crippen LogP contribution in [0.25, 0.3) is 0 Å². The molecule has 3 heterocycles. The molecule has 2 aliphatic heterocycles. The van der Waals surface area contributed by atoms with Crippen LogP contribution in [0.2, 0.25) is 0 Å². The number of nitrogens with one attached hydrogen (secondary N) is 3. The Hall–Kier alpha value is -1.47.